The number of alkyl carbamates (subject to hydrolysis) is 1. The zero-order valence-corrected chi connectivity index (χ0v) is 19.8. The number of hydrogen-bond acceptors (Lipinski definition) is 6. The first-order valence-electron chi connectivity index (χ1n) is 11.0. The van der Waals surface area contributed by atoms with E-state index >= 15 is 0 Å². The minimum absolute atomic E-state index is 0.0245. The van der Waals surface area contributed by atoms with Crippen LogP contribution < -0.4 is 5.32 Å². The van der Waals surface area contributed by atoms with Crippen LogP contribution >= 0.6 is 0 Å². The Kier molecular flexibility index (Phi) is 6.97. The molecule has 1 aliphatic rings. The molecule has 0 saturated heterocycles. The van der Waals surface area contributed by atoms with Gasteiger partial charge in [-0.2, -0.15) is 0 Å². The van der Waals surface area contributed by atoms with Gasteiger partial charge in [0.1, 0.15) is 6.61 Å². The number of nitrogens with one attached hydrogen (secondary N) is 1. The van der Waals surface area contributed by atoms with Crippen LogP contribution in [0.25, 0.3) is 17.2 Å². The van der Waals surface area contributed by atoms with E-state index in [4.69, 9.17) is 4.74 Å². The van der Waals surface area contributed by atoms with Crippen molar-refractivity contribution in [3.63, 3.8) is 0 Å². The van der Waals surface area contributed by atoms with Crippen LogP contribution in [-0.4, -0.2) is 38.8 Å². The van der Waals surface area contributed by atoms with Crippen molar-refractivity contribution in [3.8, 4) is 11.1 Å². The Bertz CT molecular complexity index is 1370. The average molecular weight is 493 g/mol. The molecule has 9 heteroatoms. The van der Waals surface area contributed by atoms with Crippen LogP contribution in [0.1, 0.15) is 29.0 Å². The Labute approximate surface area is 203 Å². The van der Waals surface area contributed by atoms with Crippen LogP contribution in [-0.2, 0) is 14.6 Å². The molecule has 1 amide bonds. The molecule has 0 radical (unpaired) electrons. The van der Waals surface area contributed by atoms with Crippen molar-refractivity contribution in [1.29, 1.82) is 0 Å². The van der Waals surface area contributed by atoms with Gasteiger partial charge in [-0.05, 0) is 40.8 Å². The monoisotopic (exact) mass is 492 g/mol. The van der Waals surface area contributed by atoms with E-state index in [-0.39, 0.29) is 35.2 Å². The number of carbonyl (C=O) groups is 1. The lowest BCUT2D eigenvalue weighted by Crippen LogP contribution is -2.26. The standard InChI is InChI=1S/C26H24N2O6S/c1-35(32,33)19-14-13-18(25(16-19)28(30)31)8-6-7-15-27-26(29)34-17-24-22-11-4-2-9-20(22)21-10-3-5-12-23(21)24/h2-6,8-14,16,24H,7,15,17H2,1H3,(H,27,29). The van der Waals surface area contributed by atoms with Crippen molar-refractivity contribution in [2.24, 2.45) is 0 Å². The zero-order chi connectivity index (χ0) is 25.0. The maximum absolute atomic E-state index is 12.2. The molecule has 0 bridgehead atoms. The minimum Gasteiger partial charge on any atom is -0.449 e. The molecule has 0 aromatic heterocycles. The largest absolute Gasteiger partial charge is 0.449 e. The summed E-state index contributed by atoms with van der Waals surface area (Å²) in [4.78, 5) is 22.8. The maximum Gasteiger partial charge on any atom is 0.407 e. The predicted octanol–water partition coefficient (Wildman–Crippen LogP) is 4.94. The molecule has 0 atom stereocenters. The molecule has 1 N–H and O–H groups in total. The fraction of sp³-hybridized carbons (Fsp3) is 0.192. The molecule has 0 saturated carbocycles. The number of nitro groups is 1. The van der Waals surface area contributed by atoms with Crippen molar-refractivity contribution >= 4 is 27.7 Å². The van der Waals surface area contributed by atoms with Crippen LogP contribution in [0.15, 0.2) is 77.7 Å². The number of ether oxygens (including phenoxy) is 1. The number of benzene rings is 3. The topological polar surface area (TPSA) is 116 Å². The average Bonchev–Trinajstić information content (AvgIpc) is 3.15. The molecular formula is C26H24N2O6S. The summed E-state index contributed by atoms with van der Waals surface area (Å²) >= 11 is 0. The SMILES string of the molecule is CS(=O)(=O)c1ccc(C=CCCNC(=O)OCC2c3ccccc3-c3ccccc32)c([N+](=O)[O-])c1. The van der Waals surface area contributed by atoms with Crippen LogP contribution in [0.5, 0.6) is 0 Å². The van der Waals surface area contributed by atoms with Crippen LogP contribution in [0.2, 0.25) is 0 Å². The normalized spacial score (nSPS) is 12.8. The van der Waals surface area contributed by atoms with Gasteiger partial charge in [0.05, 0.1) is 15.4 Å². The van der Waals surface area contributed by atoms with E-state index in [1.807, 2.05) is 36.4 Å². The van der Waals surface area contributed by atoms with Gasteiger partial charge in [-0.25, -0.2) is 13.2 Å². The molecule has 3 aromatic carbocycles. The maximum atomic E-state index is 12.2. The number of hydrogen-bond donors (Lipinski definition) is 1. The first-order chi connectivity index (χ1) is 16.8. The summed E-state index contributed by atoms with van der Waals surface area (Å²) in [6.07, 6.45) is 4.07. The lowest BCUT2D eigenvalue weighted by molar-refractivity contribution is -0.385. The second-order valence-corrected chi connectivity index (χ2v) is 10.2. The third-order valence-electron chi connectivity index (χ3n) is 5.85. The molecule has 0 spiro atoms. The van der Waals surface area contributed by atoms with Crippen LogP contribution in [0, 0.1) is 10.1 Å². The lowest BCUT2D eigenvalue weighted by Gasteiger charge is -2.14. The second kappa shape index (κ2) is 10.1. The molecule has 0 heterocycles. The number of amides is 1. The molecule has 8 nitrogen and oxygen atoms in total. The van der Waals surface area contributed by atoms with Crippen LogP contribution in [0.4, 0.5) is 10.5 Å². The van der Waals surface area contributed by atoms with E-state index in [0.29, 0.717) is 6.42 Å². The first kappa shape index (κ1) is 24.2. The van der Waals surface area contributed by atoms with Gasteiger partial charge in [-0.3, -0.25) is 10.1 Å². The number of nitro benzene ring substituents is 1. The zero-order valence-electron chi connectivity index (χ0n) is 19.0. The van der Waals surface area contributed by atoms with E-state index < -0.39 is 20.9 Å². The smallest absolute Gasteiger partial charge is 0.407 e. The summed E-state index contributed by atoms with van der Waals surface area (Å²) in [6.45, 7) is 0.497. The molecule has 180 valence electrons. The van der Waals surface area contributed by atoms with Gasteiger partial charge in [0.15, 0.2) is 9.84 Å². The van der Waals surface area contributed by atoms with E-state index in [9.17, 15) is 23.3 Å². The van der Waals surface area contributed by atoms with Crippen LogP contribution in [0.3, 0.4) is 0 Å². The van der Waals surface area contributed by atoms with E-state index in [1.54, 1.807) is 6.08 Å². The van der Waals surface area contributed by atoms with Crippen molar-refractivity contribution in [2.75, 3.05) is 19.4 Å². The van der Waals surface area contributed by atoms with Gasteiger partial charge in [-0.15, -0.1) is 0 Å². The Morgan fingerprint density at radius 3 is 2.29 bits per heavy atom. The van der Waals surface area contributed by atoms with Crippen molar-refractivity contribution < 1.29 is 22.9 Å². The second-order valence-electron chi connectivity index (χ2n) is 8.19. The third-order valence-corrected chi connectivity index (χ3v) is 6.96. The molecule has 0 fully saturated rings. The van der Waals surface area contributed by atoms with E-state index in [2.05, 4.69) is 17.4 Å². The van der Waals surface area contributed by atoms with Crippen molar-refractivity contribution in [1.82, 2.24) is 5.32 Å². The van der Waals surface area contributed by atoms with Gasteiger partial charge < -0.3 is 10.1 Å². The third kappa shape index (κ3) is 5.41. The summed E-state index contributed by atoms with van der Waals surface area (Å²) in [7, 11) is -3.55. The minimum atomic E-state index is -3.55. The Hall–Kier alpha value is -3.98. The molecule has 0 aliphatic heterocycles. The first-order valence-corrected chi connectivity index (χ1v) is 12.9. The summed E-state index contributed by atoms with van der Waals surface area (Å²) in [6, 6.07) is 19.9. The Morgan fingerprint density at radius 1 is 1.06 bits per heavy atom. The summed E-state index contributed by atoms with van der Waals surface area (Å²) in [5.74, 6) is -0.0245. The highest BCUT2D eigenvalue weighted by atomic mass is 32.2. The fourth-order valence-corrected chi connectivity index (χ4v) is 4.81. The van der Waals surface area contributed by atoms with E-state index in [1.165, 1.54) is 18.2 Å². The molecule has 35 heavy (non-hydrogen) atoms. The number of fused-ring (bicyclic) bond motifs is 3. The summed E-state index contributed by atoms with van der Waals surface area (Å²) in [5, 5.41) is 14.0. The van der Waals surface area contributed by atoms with Gasteiger partial charge >= 0.3 is 6.09 Å². The highest BCUT2D eigenvalue weighted by Crippen LogP contribution is 2.44. The fourth-order valence-electron chi connectivity index (χ4n) is 4.17. The van der Waals surface area contributed by atoms with Gasteiger partial charge in [0, 0.05) is 24.8 Å². The lowest BCUT2D eigenvalue weighted by atomic mass is 9.98. The number of nitrogens with zero attached hydrogens (tertiary/aromatic N) is 1. The van der Waals surface area contributed by atoms with E-state index in [0.717, 1.165) is 34.6 Å². The Morgan fingerprint density at radius 2 is 1.69 bits per heavy atom. The van der Waals surface area contributed by atoms with Gasteiger partial charge in [0.2, 0.25) is 0 Å². The molecule has 0 unspecified atom stereocenters. The summed E-state index contributed by atoms with van der Waals surface area (Å²) in [5.41, 5.74) is 4.56. The predicted molar refractivity (Wildman–Crippen MR) is 133 cm³/mol. The molecule has 3 aromatic rings. The van der Waals surface area contributed by atoms with Gasteiger partial charge in [-0.1, -0.05) is 60.7 Å². The van der Waals surface area contributed by atoms with Crippen molar-refractivity contribution in [3.05, 3.63) is 99.6 Å². The number of carbonyl (C=O) groups excluding carboxylic acids is 1. The molecule has 4 rings (SSSR count). The highest BCUT2D eigenvalue weighted by Gasteiger charge is 2.28. The quantitative estimate of drug-likeness (QED) is 0.271. The molecular weight excluding hydrogens is 468 g/mol. The summed E-state index contributed by atoms with van der Waals surface area (Å²) < 4.78 is 28.8. The van der Waals surface area contributed by atoms with Gasteiger partial charge in [0.25, 0.3) is 5.69 Å². The Balaban J connectivity index is 1.30. The molecule has 1 aliphatic carbocycles. The number of sulfone groups is 1. The number of rotatable bonds is 8. The van der Waals surface area contributed by atoms with Crippen molar-refractivity contribution in [2.45, 2.75) is 17.2 Å². The highest BCUT2D eigenvalue weighted by molar-refractivity contribution is 7.90.